The van der Waals surface area contributed by atoms with Crippen LogP contribution in [0.4, 0.5) is 0 Å². The molecular weight excluding hydrogens is 218 g/mol. The highest BCUT2D eigenvalue weighted by Crippen LogP contribution is 2.27. The Kier molecular flexibility index (Phi) is 6.42. The average molecular weight is 247 g/mol. The van der Waals surface area contributed by atoms with Crippen LogP contribution in [-0.2, 0) is 6.42 Å². The van der Waals surface area contributed by atoms with E-state index in [1.54, 1.807) is 0 Å². The van der Waals surface area contributed by atoms with Crippen molar-refractivity contribution in [2.24, 2.45) is 11.8 Å². The van der Waals surface area contributed by atoms with Gasteiger partial charge in [-0.2, -0.15) is 0 Å². The van der Waals surface area contributed by atoms with Gasteiger partial charge in [-0.05, 0) is 35.9 Å². The maximum atomic E-state index is 3.63. The summed E-state index contributed by atoms with van der Waals surface area (Å²) >= 11 is 0. The molecule has 2 unspecified atom stereocenters. The summed E-state index contributed by atoms with van der Waals surface area (Å²) in [6.45, 7) is 12.4. The first-order chi connectivity index (χ1) is 8.60. The average Bonchev–Trinajstić information content (AvgIpc) is 2.36. The predicted octanol–water partition coefficient (Wildman–Crippen LogP) is 4.58. The number of hydrogen-bond acceptors (Lipinski definition) is 1. The Balaban J connectivity index is 2.84. The molecule has 1 aromatic rings. The lowest BCUT2D eigenvalue weighted by Gasteiger charge is -2.28. The van der Waals surface area contributed by atoms with Crippen LogP contribution in [0.1, 0.15) is 58.2 Å². The van der Waals surface area contributed by atoms with Crippen LogP contribution in [0.2, 0.25) is 0 Å². The molecule has 2 atom stereocenters. The highest BCUT2D eigenvalue weighted by molar-refractivity contribution is 5.25. The van der Waals surface area contributed by atoms with Gasteiger partial charge in [0.2, 0.25) is 0 Å². The molecule has 0 fully saturated rings. The highest BCUT2D eigenvalue weighted by atomic mass is 14.9. The molecule has 0 aliphatic heterocycles. The van der Waals surface area contributed by atoms with Crippen molar-refractivity contribution >= 4 is 0 Å². The third-order valence-electron chi connectivity index (χ3n) is 3.88. The summed E-state index contributed by atoms with van der Waals surface area (Å²) in [7, 11) is 0. The van der Waals surface area contributed by atoms with E-state index in [0.717, 1.165) is 6.54 Å². The molecule has 0 aliphatic rings. The third kappa shape index (κ3) is 4.13. The molecule has 0 heterocycles. The number of hydrogen-bond donors (Lipinski definition) is 1. The molecule has 0 amide bonds. The zero-order chi connectivity index (χ0) is 13.5. The minimum absolute atomic E-state index is 0.477. The van der Waals surface area contributed by atoms with Crippen LogP contribution < -0.4 is 5.32 Å². The van der Waals surface area contributed by atoms with Crippen molar-refractivity contribution in [1.82, 2.24) is 5.32 Å². The van der Waals surface area contributed by atoms with Gasteiger partial charge in [-0.25, -0.2) is 0 Å². The second-order valence-electron chi connectivity index (χ2n) is 5.63. The molecule has 0 saturated carbocycles. The van der Waals surface area contributed by atoms with E-state index in [1.165, 1.54) is 24.0 Å². The van der Waals surface area contributed by atoms with Crippen molar-refractivity contribution in [3.05, 3.63) is 35.4 Å². The molecule has 1 rings (SSSR count). The maximum absolute atomic E-state index is 3.63. The van der Waals surface area contributed by atoms with E-state index in [0.29, 0.717) is 17.9 Å². The minimum atomic E-state index is 0.477. The summed E-state index contributed by atoms with van der Waals surface area (Å²) in [6.07, 6.45) is 2.41. The lowest BCUT2D eigenvalue weighted by atomic mass is 9.85. The lowest BCUT2D eigenvalue weighted by molar-refractivity contribution is 0.307. The fourth-order valence-corrected chi connectivity index (χ4v) is 2.39. The van der Waals surface area contributed by atoms with E-state index < -0.39 is 0 Å². The van der Waals surface area contributed by atoms with E-state index in [9.17, 15) is 0 Å². The van der Waals surface area contributed by atoms with Crippen molar-refractivity contribution in [1.29, 1.82) is 0 Å². The Morgan fingerprint density at radius 1 is 1.00 bits per heavy atom. The molecule has 0 aromatic heterocycles. The Hall–Kier alpha value is -0.820. The summed E-state index contributed by atoms with van der Waals surface area (Å²) in [6, 6.07) is 9.66. The van der Waals surface area contributed by atoms with Gasteiger partial charge >= 0.3 is 0 Å². The lowest BCUT2D eigenvalue weighted by Crippen LogP contribution is -2.29. The van der Waals surface area contributed by atoms with Gasteiger partial charge in [0.1, 0.15) is 0 Å². The number of aryl methyl sites for hydroxylation is 1. The van der Waals surface area contributed by atoms with Gasteiger partial charge in [-0.15, -0.1) is 0 Å². The molecule has 1 N–H and O–H groups in total. The molecule has 0 spiro atoms. The van der Waals surface area contributed by atoms with Crippen LogP contribution in [-0.4, -0.2) is 6.54 Å². The van der Waals surface area contributed by atoms with Gasteiger partial charge in [-0.1, -0.05) is 65.3 Å². The van der Waals surface area contributed by atoms with Crippen LogP contribution in [0.3, 0.4) is 0 Å². The fraction of sp³-hybridized carbons (Fsp3) is 0.647. The number of benzene rings is 1. The van der Waals surface area contributed by atoms with Crippen LogP contribution in [0.15, 0.2) is 24.3 Å². The van der Waals surface area contributed by atoms with Crippen LogP contribution in [0.25, 0.3) is 0 Å². The first kappa shape index (κ1) is 15.2. The zero-order valence-electron chi connectivity index (χ0n) is 12.7. The van der Waals surface area contributed by atoms with Gasteiger partial charge in [0.05, 0.1) is 0 Å². The predicted molar refractivity (Wildman–Crippen MR) is 80.9 cm³/mol. The Morgan fingerprint density at radius 3 is 2.06 bits per heavy atom. The smallest absolute Gasteiger partial charge is 0.0348 e. The standard InChI is InChI=1S/C17H29N/c1-6-8-15-9-11-16(12-10-15)17(18-7-2)14(5)13(3)4/h9-14,17-18H,6-8H2,1-5H3. The molecule has 0 bridgehead atoms. The Labute approximate surface area is 113 Å². The minimum Gasteiger partial charge on any atom is -0.310 e. The third-order valence-corrected chi connectivity index (χ3v) is 3.88. The summed E-state index contributed by atoms with van der Waals surface area (Å²) in [5.74, 6) is 1.35. The van der Waals surface area contributed by atoms with Crippen LogP contribution in [0.5, 0.6) is 0 Å². The monoisotopic (exact) mass is 247 g/mol. The maximum Gasteiger partial charge on any atom is 0.0348 e. The fourth-order valence-electron chi connectivity index (χ4n) is 2.39. The molecule has 1 aromatic carbocycles. The van der Waals surface area contributed by atoms with Crippen molar-refractivity contribution in [2.75, 3.05) is 6.54 Å². The molecular formula is C17H29N. The normalized spacial score (nSPS) is 14.8. The highest BCUT2D eigenvalue weighted by Gasteiger charge is 2.20. The zero-order valence-corrected chi connectivity index (χ0v) is 12.7. The Morgan fingerprint density at radius 2 is 1.61 bits per heavy atom. The van der Waals surface area contributed by atoms with Gasteiger partial charge in [0, 0.05) is 6.04 Å². The van der Waals surface area contributed by atoms with E-state index in [4.69, 9.17) is 0 Å². The van der Waals surface area contributed by atoms with E-state index in [1.807, 2.05) is 0 Å². The molecule has 0 saturated heterocycles. The SMILES string of the molecule is CCCc1ccc(C(NCC)C(C)C(C)C)cc1. The molecule has 18 heavy (non-hydrogen) atoms. The first-order valence-electron chi connectivity index (χ1n) is 7.42. The van der Waals surface area contributed by atoms with Crippen LogP contribution >= 0.6 is 0 Å². The van der Waals surface area contributed by atoms with Crippen molar-refractivity contribution in [3.63, 3.8) is 0 Å². The van der Waals surface area contributed by atoms with Crippen molar-refractivity contribution in [3.8, 4) is 0 Å². The van der Waals surface area contributed by atoms with E-state index in [-0.39, 0.29) is 0 Å². The Bertz CT molecular complexity index is 326. The summed E-state index contributed by atoms with van der Waals surface area (Å²) in [4.78, 5) is 0. The van der Waals surface area contributed by atoms with Gasteiger partial charge in [-0.3, -0.25) is 0 Å². The molecule has 0 aliphatic carbocycles. The van der Waals surface area contributed by atoms with Crippen molar-refractivity contribution < 1.29 is 0 Å². The van der Waals surface area contributed by atoms with Gasteiger partial charge in [0.25, 0.3) is 0 Å². The molecule has 102 valence electrons. The molecule has 1 heteroatoms. The van der Waals surface area contributed by atoms with E-state index in [2.05, 4.69) is 64.2 Å². The molecule has 0 radical (unpaired) electrons. The second-order valence-corrected chi connectivity index (χ2v) is 5.63. The van der Waals surface area contributed by atoms with Gasteiger partial charge in [0.15, 0.2) is 0 Å². The summed E-state index contributed by atoms with van der Waals surface area (Å²) in [5, 5.41) is 3.63. The first-order valence-corrected chi connectivity index (χ1v) is 7.42. The summed E-state index contributed by atoms with van der Waals surface area (Å²) in [5.41, 5.74) is 2.88. The van der Waals surface area contributed by atoms with Crippen LogP contribution in [0, 0.1) is 11.8 Å². The van der Waals surface area contributed by atoms with Crippen molar-refractivity contribution in [2.45, 2.75) is 53.5 Å². The molecule has 1 nitrogen and oxygen atoms in total. The topological polar surface area (TPSA) is 12.0 Å². The van der Waals surface area contributed by atoms with E-state index >= 15 is 0 Å². The number of rotatable bonds is 7. The summed E-state index contributed by atoms with van der Waals surface area (Å²) < 4.78 is 0. The largest absolute Gasteiger partial charge is 0.310 e. The number of nitrogens with one attached hydrogen (secondary N) is 1. The quantitative estimate of drug-likeness (QED) is 0.743. The second kappa shape index (κ2) is 7.58. The van der Waals surface area contributed by atoms with Gasteiger partial charge < -0.3 is 5.32 Å².